The molecule has 0 fully saturated rings. The van der Waals surface area contributed by atoms with Crippen molar-refractivity contribution in [3.63, 3.8) is 0 Å². The topological polar surface area (TPSA) is 62.6 Å². The molecule has 0 saturated carbocycles. The normalized spacial score (nSPS) is 12.6. The number of hydrogen-bond acceptors (Lipinski definition) is 4. The van der Waals surface area contributed by atoms with Crippen molar-refractivity contribution < 1.29 is 14.9 Å². The first kappa shape index (κ1) is 9.95. The Morgan fingerprint density at radius 3 is 2.77 bits per heavy atom. The van der Waals surface area contributed by atoms with Gasteiger partial charge in [-0.2, -0.15) is 0 Å². The fourth-order valence-electron chi connectivity index (χ4n) is 1.09. The molecular formula is C9H13NO3. The Kier molecular flexibility index (Phi) is 3.22. The fraction of sp³-hybridized carbons (Fsp3) is 0.444. The maximum absolute atomic E-state index is 9.29. The minimum absolute atomic E-state index is 0.298. The molecule has 0 spiro atoms. The van der Waals surface area contributed by atoms with Crippen LogP contribution in [0.1, 0.15) is 17.2 Å². The predicted molar refractivity (Wildman–Crippen MR) is 47.6 cm³/mol. The van der Waals surface area contributed by atoms with Gasteiger partial charge in [0.1, 0.15) is 6.10 Å². The Hall–Kier alpha value is -1.13. The second-order valence-electron chi connectivity index (χ2n) is 2.79. The number of aryl methyl sites for hydroxylation is 1. The molecule has 0 aliphatic rings. The SMILES string of the molecule is COc1ncc(C(O)CO)cc1C. The molecule has 0 aromatic carbocycles. The van der Waals surface area contributed by atoms with Crippen molar-refractivity contribution >= 4 is 0 Å². The van der Waals surface area contributed by atoms with E-state index in [1.165, 1.54) is 13.3 Å². The van der Waals surface area contributed by atoms with E-state index < -0.39 is 6.10 Å². The van der Waals surface area contributed by atoms with Crippen molar-refractivity contribution in [1.82, 2.24) is 4.98 Å². The van der Waals surface area contributed by atoms with Crippen LogP contribution < -0.4 is 4.74 Å². The third-order valence-electron chi connectivity index (χ3n) is 1.80. The first-order chi connectivity index (χ1) is 6.19. The lowest BCUT2D eigenvalue weighted by Gasteiger charge is -2.09. The summed E-state index contributed by atoms with van der Waals surface area (Å²) in [4.78, 5) is 3.97. The van der Waals surface area contributed by atoms with E-state index in [1.807, 2.05) is 6.92 Å². The van der Waals surface area contributed by atoms with Crippen LogP contribution >= 0.6 is 0 Å². The van der Waals surface area contributed by atoms with Crippen molar-refractivity contribution in [3.8, 4) is 5.88 Å². The average Bonchev–Trinajstić information content (AvgIpc) is 2.16. The van der Waals surface area contributed by atoms with Crippen molar-refractivity contribution in [2.75, 3.05) is 13.7 Å². The van der Waals surface area contributed by atoms with E-state index in [1.54, 1.807) is 6.07 Å². The molecule has 13 heavy (non-hydrogen) atoms. The van der Waals surface area contributed by atoms with Gasteiger partial charge < -0.3 is 14.9 Å². The van der Waals surface area contributed by atoms with Gasteiger partial charge >= 0.3 is 0 Å². The second kappa shape index (κ2) is 4.20. The molecule has 0 aliphatic heterocycles. The van der Waals surface area contributed by atoms with Crippen molar-refractivity contribution in [2.24, 2.45) is 0 Å². The van der Waals surface area contributed by atoms with Gasteiger partial charge in [0.05, 0.1) is 13.7 Å². The standard InChI is InChI=1S/C9H13NO3/c1-6-3-7(8(12)5-11)4-10-9(6)13-2/h3-4,8,11-12H,5H2,1-2H3. The predicted octanol–water partition coefficient (Wildman–Crippen LogP) is 0.424. The molecule has 0 radical (unpaired) electrons. The molecule has 1 aromatic heterocycles. The monoisotopic (exact) mass is 183 g/mol. The Morgan fingerprint density at radius 2 is 2.31 bits per heavy atom. The van der Waals surface area contributed by atoms with Gasteiger partial charge in [-0.3, -0.25) is 0 Å². The summed E-state index contributed by atoms with van der Waals surface area (Å²) in [6, 6.07) is 1.74. The van der Waals surface area contributed by atoms with Gasteiger partial charge in [0, 0.05) is 17.3 Å². The summed E-state index contributed by atoms with van der Waals surface area (Å²) in [5.41, 5.74) is 1.44. The molecule has 1 unspecified atom stereocenters. The zero-order valence-corrected chi connectivity index (χ0v) is 7.69. The first-order valence-corrected chi connectivity index (χ1v) is 3.98. The Bertz CT molecular complexity index is 288. The van der Waals surface area contributed by atoms with Gasteiger partial charge in [-0.25, -0.2) is 4.98 Å². The molecule has 1 heterocycles. The quantitative estimate of drug-likeness (QED) is 0.713. The van der Waals surface area contributed by atoms with Crippen LogP contribution in [0.25, 0.3) is 0 Å². The van der Waals surface area contributed by atoms with Gasteiger partial charge in [0.2, 0.25) is 5.88 Å². The summed E-state index contributed by atoms with van der Waals surface area (Å²) in [6.45, 7) is 1.53. The Balaban J connectivity index is 2.95. The van der Waals surface area contributed by atoms with E-state index in [4.69, 9.17) is 9.84 Å². The summed E-state index contributed by atoms with van der Waals surface area (Å²) in [7, 11) is 1.54. The van der Waals surface area contributed by atoms with E-state index in [0.29, 0.717) is 11.4 Å². The lowest BCUT2D eigenvalue weighted by atomic mass is 10.1. The largest absolute Gasteiger partial charge is 0.481 e. The summed E-state index contributed by atoms with van der Waals surface area (Å²) in [5, 5.41) is 18.0. The molecule has 0 bridgehead atoms. The van der Waals surface area contributed by atoms with Gasteiger partial charge in [0.25, 0.3) is 0 Å². The molecule has 1 rings (SSSR count). The molecule has 1 aromatic rings. The van der Waals surface area contributed by atoms with Crippen LogP contribution in [0.5, 0.6) is 5.88 Å². The van der Waals surface area contributed by atoms with Crippen LogP contribution in [0.4, 0.5) is 0 Å². The first-order valence-electron chi connectivity index (χ1n) is 3.98. The van der Waals surface area contributed by atoms with Gasteiger partial charge in [-0.1, -0.05) is 0 Å². The number of hydrogen-bond donors (Lipinski definition) is 2. The second-order valence-corrected chi connectivity index (χ2v) is 2.79. The van der Waals surface area contributed by atoms with Crippen LogP contribution in [0.15, 0.2) is 12.3 Å². The highest BCUT2D eigenvalue weighted by Crippen LogP contribution is 2.18. The number of methoxy groups -OCH3 is 1. The van der Waals surface area contributed by atoms with E-state index in [9.17, 15) is 5.11 Å². The maximum Gasteiger partial charge on any atom is 0.215 e. The minimum Gasteiger partial charge on any atom is -0.481 e. The average molecular weight is 183 g/mol. The molecule has 4 heteroatoms. The van der Waals surface area contributed by atoms with E-state index in [2.05, 4.69) is 4.98 Å². The van der Waals surface area contributed by atoms with Gasteiger partial charge in [0.15, 0.2) is 0 Å². The van der Waals surface area contributed by atoms with Gasteiger partial charge in [-0.05, 0) is 13.0 Å². The molecule has 1 atom stereocenters. The van der Waals surface area contributed by atoms with Crippen molar-refractivity contribution in [1.29, 1.82) is 0 Å². The zero-order valence-electron chi connectivity index (χ0n) is 7.69. The molecule has 0 amide bonds. The van der Waals surface area contributed by atoms with Crippen molar-refractivity contribution in [2.45, 2.75) is 13.0 Å². The maximum atomic E-state index is 9.29. The number of aromatic nitrogens is 1. The highest BCUT2D eigenvalue weighted by atomic mass is 16.5. The van der Waals surface area contributed by atoms with Crippen LogP contribution in [-0.4, -0.2) is 28.9 Å². The Labute approximate surface area is 76.8 Å². The Morgan fingerprint density at radius 1 is 1.62 bits per heavy atom. The molecular weight excluding hydrogens is 170 g/mol. The molecule has 4 nitrogen and oxygen atoms in total. The molecule has 72 valence electrons. The zero-order chi connectivity index (χ0) is 9.84. The lowest BCUT2D eigenvalue weighted by molar-refractivity contribution is 0.0952. The van der Waals surface area contributed by atoms with Crippen LogP contribution in [0, 0.1) is 6.92 Å². The summed E-state index contributed by atoms with van der Waals surface area (Å²) in [6.07, 6.45) is 0.629. The molecule has 0 saturated heterocycles. The third kappa shape index (κ3) is 2.17. The number of aliphatic hydroxyl groups is 2. The number of pyridine rings is 1. The summed E-state index contributed by atoms with van der Waals surface area (Å²) < 4.78 is 4.96. The fourth-order valence-corrected chi connectivity index (χ4v) is 1.09. The molecule has 2 N–H and O–H groups in total. The summed E-state index contributed by atoms with van der Waals surface area (Å²) in [5.74, 6) is 0.536. The van der Waals surface area contributed by atoms with Crippen molar-refractivity contribution in [3.05, 3.63) is 23.4 Å². The minimum atomic E-state index is -0.864. The third-order valence-corrected chi connectivity index (χ3v) is 1.80. The number of aliphatic hydroxyl groups excluding tert-OH is 2. The number of rotatable bonds is 3. The van der Waals surface area contributed by atoms with Crippen LogP contribution in [0.3, 0.4) is 0 Å². The smallest absolute Gasteiger partial charge is 0.215 e. The number of ether oxygens (including phenoxy) is 1. The summed E-state index contributed by atoms with van der Waals surface area (Å²) >= 11 is 0. The highest BCUT2D eigenvalue weighted by Gasteiger charge is 2.08. The van der Waals surface area contributed by atoms with E-state index in [0.717, 1.165) is 5.56 Å². The lowest BCUT2D eigenvalue weighted by Crippen LogP contribution is -2.04. The van der Waals surface area contributed by atoms with E-state index in [-0.39, 0.29) is 6.61 Å². The van der Waals surface area contributed by atoms with Crippen LogP contribution in [0.2, 0.25) is 0 Å². The van der Waals surface area contributed by atoms with Gasteiger partial charge in [-0.15, -0.1) is 0 Å². The van der Waals surface area contributed by atoms with Crippen LogP contribution in [-0.2, 0) is 0 Å². The highest BCUT2D eigenvalue weighted by molar-refractivity contribution is 5.29. The van der Waals surface area contributed by atoms with E-state index >= 15 is 0 Å². The number of nitrogens with zero attached hydrogens (tertiary/aromatic N) is 1. The molecule has 0 aliphatic carbocycles.